The van der Waals surface area contributed by atoms with Gasteiger partial charge in [-0.1, -0.05) is 18.2 Å². The van der Waals surface area contributed by atoms with Crippen molar-refractivity contribution in [2.75, 3.05) is 12.4 Å². The molecule has 0 aliphatic heterocycles. The van der Waals surface area contributed by atoms with E-state index in [1.165, 1.54) is 13.2 Å². The number of esters is 1. The van der Waals surface area contributed by atoms with Gasteiger partial charge in [0.15, 0.2) is 6.04 Å². The number of aryl methyl sites for hydroxylation is 1. The molecule has 21 heavy (non-hydrogen) atoms. The molecule has 2 rings (SSSR count). The highest BCUT2D eigenvalue weighted by Gasteiger charge is 2.24. The van der Waals surface area contributed by atoms with Crippen LogP contribution in [0.25, 0.3) is 0 Å². The fraction of sp³-hybridized carbons (Fsp3) is 0.188. The zero-order chi connectivity index (χ0) is 15.4. The normalized spacial score (nSPS) is 11.8. The number of anilines is 1. The fourth-order valence-electron chi connectivity index (χ4n) is 2.02. The summed E-state index contributed by atoms with van der Waals surface area (Å²) in [7, 11) is 1.22. The lowest BCUT2D eigenvalue weighted by molar-refractivity contribution is -0.141. The van der Waals surface area contributed by atoms with Crippen LogP contribution in [0.15, 0.2) is 42.5 Å². The predicted octanol–water partition coefficient (Wildman–Crippen LogP) is 3.60. The highest BCUT2D eigenvalue weighted by atomic mass is 19.1. The van der Waals surface area contributed by atoms with E-state index in [-0.39, 0.29) is 5.56 Å². The Hall–Kier alpha value is -2.43. The summed E-state index contributed by atoms with van der Waals surface area (Å²) < 4.78 is 31.6. The lowest BCUT2D eigenvalue weighted by Gasteiger charge is -2.19. The smallest absolute Gasteiger partial charge is 0.333 e. The molecule has 3 nitrogen and oxygen atoms in total. The van der Waals surface area contributed by atoms with Crippen molar-refractivity contribution in [3.05, 3.63) is 65.2 Å². The number of carbonyl (C=O) groups is 1. The second-order valence-corrected chi connectivity index (χ2v) is 4.64. The first-order chi connectivity index (χ1) is 10.0. The summed E-state index contributed by atoms with van der Waals surface area (Å²) in [6.45, 7) is 1.90. The Morgan fingerprint density at radius 2 is 1.95 bits per heavy atom. The summed E-state index contributed by atoms with van der Waals surface area (Å²) in [6.07, 6.45) is 0. The van der Waals surface area contributed by atoms with Gasteiger partial charge in [0.1, 0.15) is 11.6 Å². The largest absolute Gasteiger partial charge is 0.467 e. The van der Waals surface area contributed by atoms with E-state index < -0.39 is 23.6 Å². The molecule has 110 valence electrons. The van der Waals surface area contributed by atoms with Crippen LogP contribution in [-0.2, 0) is 9.53 Å². The van der Waals surface area contributed by atoms with Gasteiger partial charge in [-0.3, -0.25) is 0 Å². The molecule has 0 saturated carbocycles. The molecular formula is C16H15F2NO2. The Bertz CT molecular complexity index is 658. The average Bonchev–Trinajstić information content (AvgIpc) is 2.45. The monoisotopic (exact) mass is 291 g/mol. The molecule has 0 heterocycles. The van der Waals surface area contributed by atoms with Crippen molar-refractivity contribution in [2.24, 2.45) is 0 Å². The average molecular weight is 291 g/mol. The van der Waals surface area contributed by atoms with Gasteiger partial charge in [0.25, 0.3) is 0 Å². The van der Waals surface area contributed by atoms with Gasteiger partial charge in [-0.15, -0.1) is 0 Å². The van der Waals surface area contributed by atoms with Crippen molar-refractivity contribution in [2.45, 2.75) is 13.0 Å². The number of ether oxygens (including phenoxy) is 1. The van der Waals surface area contributed by atoms with E-state index in [0.717, 1.165) is 17.7 Å². The Labute approximate surface area is 121 Å². The molecule has 2 aromatic rings. The molecule has 0 aliphatic rings. The minimum Gasteiger partial charge on any atom is -0.467 e. The quantitative estimate of drug-likeness (QED) is 0.875. The number of carbonyl (C=O) groups excluding carboxylic acids is 1. The van der Waals surface area contributed by atoms with E-state index in [2.05, 4.69) is 5.32 Å². The van der Waals surface area contributed by atoms with Crippen LogP contribution in [-0.4, -0.2) is 13.1 Å². The summed E-state index contributed by atoms with van der Waals surface area (Å²) in [5, 5.41) is 2.91. The van der Waals surface area contributed by atoms with Crippen LogP contribution < -0.4 is 5.32 Å². The molecular weight excluding hydrogens is 276 g/mol. The second kappa shape index (κ2) is 6.35. The maximum atomic E-state index is 13.9. The Kier molecular flexibility index (Phi) is 4.52. The van der Waals surface area contributed by atoms with Gasteiger partial charge < -0.3 is 10.1 Å². The standard InChI is InChI=1S/C16H15F2NO2/c1-10-4-3-5-12(8-10)19-15(16(20)21-2)13-7-6-11(17)9-14(13)18/h3-9,15,19H,1-2H3. The highest BCUT2D eigenvalue weighted by molar-refractivity contribution is 5.81. The predicted molar refractivity (Wildman–Crippen MR) is 75.9 cm³/mol. The number of benzene rings is 2. The van der Waals surface area contributed by atoms with Crippen LogP contribution in [0, 0.1) is 18.6 Å². The van der Waals surface area contributed by atoms with E-state index in [4.69, 9.17) is 4.74 Å². The van der Waals surface area contributed by atoms with Gasteiger partial charge in [0.05, 0.1) is 7.11 Å². The van der Waals surface area contributed by atoms with E-state index in [1.807, 2.05) is 25.1 Å². The first kappa shape index (κ1) is 15.0. The fourth-order valence-corrected chi connectivity index (χ4v) is 2.02. The first-order valence-corrected chi connectivity index (χ1v) is 6.37. The van der Waals surface area contributed by atoms with Crippen molar-refractivity contribution < 1.29 is 18.3 Å². The third-order valence-corrected chi connectivity index (χ3v) is 3.04. The lowest BCUT2D eigenvalue weighted by atomic mass is 10.1. The summed E-state index contributed by atoms with van der Waals surface area (Å²) in [5.74, 6) is -2.15. The number of methoxy groups -OCH3 is 1. The number of halogens is 2. The summed E-state index contributed by atoms with van der Waals surface area (Å²) in [4.78, 5) is 11.9. The number of rotatable bonds is 4. The first-order valence-electron chi connectivity index (χ1n) is 6.37. The lowest BCUT2D eigenvalue weighted by Crippen LogP contribution is -2.23. The molecule has 1 unspecified atom stereocenters. The van der Waals surface area contributed by atoms with Gasteiger partial charge >= 0.3 is 5.97 Å². The minimum absolute atomic E-state index is 0.0322. The summed E-state index contributed by atoms with van der Waals surface area (Å²) in [6, 6.07) is 9.31. The van der Waals surface area contributed by atoms with Crippen molar-refractivity contribution >= 4 is 11.7 Å². The van der Waals surface area contributed by atoms with E-state index in [1.54, 1.807) is 6.07 Å². The van der Waals surface area contributed by atoms with Gasteiger partial charge in [-0.25, -0.2) is 13.6 Å². The second-order valence-electron chi connectivity index (χ2n) is 4.64. The zero-order valence-electron chi connectivity index (χ0n) is 11.7. The Morgan fingerprint density at radius 1 is 1.19 bits per heavy atom. The SMILES string of the molecule is COC(=O)C(Nc1cccc(C)c1)c1ccc(F)cc1F. The third kappa shape index (κ3) is 3.56. The molecule has 0 amide bonds. The molecule has 1 N–H and O–H groups in total. The van der Waals surface area contributed by atoms with Crippen molar-refractivity contribution in [3.8, 4) is 0 Å². The number of nitrogens with one attached hydrogen (secondary N) is 1. The minimum atomic E-state index is -1.04. The highest BCUT2D eigenvalue weighted by Crippen LogP contribution is 2.24. The van der Waals surface area contributed by atoms with Crippen molar-refractivity contribution in [1.82, 2.24) is 0 Å². The zero-order valence-corrected chi connectivity index (χ0v) is 11.7. The molecule has 5 heteroatoms. The number of hydrogen-bond acceptors (Lipinski definition) is 3. The maximum Gasteiger partial charge on any atom is 0.333 e. The van der Waals surface area contributed by atoms with Crippen LogP contribution in [0.5, 0.6) is 0 Å². The van der Waals surface area contributed by atoms with E-state index in [0.29, 0.717) is 5.69 Å². The van der Waals surface area contributed by atoms with Gasteiger partial charge in [0.2, 0.25) is 0 Å². The molecule has 0 saturated heterocycles. The topological polar surface area (TPSA) is 38.3 Å². The van der Waals surface area contributed by atoms with E-state index in [9.17, 15) is 13.6 Å². The Balaban J connectivity index is 2.37. The summed E-state index contributed by atoms with van der Waals surface area (Å²) >= 11 is 0. The van der Waals surface area contributed by atoms with Gasteiger partial charge in [0, 0.05) is 17.3 Å². The van der Waals surface area contributed by atoms with Crippen LogP contribution in [0.2, 0.25) is 0 Å². The van der Waals surface area contributed by atoms with E-state index >= 15 is 0 Å². The van der Waals surface area contributed by atoms with Crippen LogP contribution >= 0.6 is 0 Å². The molecule has 0 aromatic heterocycles. The van der Waals surface area contributed by atoms with Gasteiger partial charge in [-0.05, 0) is 30.7 Å². The number of hydrogen-bond donors (Lipinski definition) is 1. The van der Waals surface area contributed by atoms with Crippen LogP contribution in [0.4, 0.5) is 14.5 Å². The van der Waals surface area contributed by atoms with Crippen LogP contribution in [0.1, 0.15) is 17.2 Å². The van der Waals surface area contributed by atoms with Gasteiger partial charge in [-0.2, -0.15) is 0 Å². The third-order valence-electron chi connectivity index (χ3n) is 3.04. The molecule has 2 aromatic carbocycles. The molecule has 0 spiro atoms. The van der Waals surface area contributed by atoms with Crippen molar-refractivity contribution in [1.29, 1.82) is 0 Å². The molecule has 0 aliphatic carbocycles. The maximum absolute atomic E-state index is 13.9. The van der Waals surface area contributed by atoms with Crippen molar-refractivity contribution in [3.63, 3.8) is 0 Å². The molecule has 0 fully saturated rings. The summed E-state index contributed by atoms with van der Waals surface area (Å²) in [5.41, 5.74) is 1.67. The Morgan fingerprint density at radius 3 is 2.57 bits per heavy atom. The molecule has 1 atom stereocenters. The molecule has 0 radical (unpaired) electrons. The molecule has 0 bridgehead atoms. The van der Waals surface area contributed by atoms with Crippen LogP contribution in [0.3, 0.4) is 0 Å².